The van der Waals surface area contributed by atoms with Crippen molar-refractivity contribution in [3.05, 3.63) is 35.4 Å². The van der Waals surface area contributed by atoms with Crippen molar-refractivity contribution in [3.63, 3.8) is 0 Å². The van der Waals surface area contributed by atoms with Gasteiger partial charge in [0.15, 0.2) is 0 Å². The van der Waals surface area contributed by atoms with Gasteiger partial charge in [-0.1, -0.05) is 0 Å². The normalized spacial score (nSPS) is 8.00. The largest absolute Gasteiger partial charge is 1.00 e. The summed E-state index contributed by atoms with van der Waals surface area (Å²) in [5.41, 5.74) is 0.167. The summed E-state index contributed by atoms with van der Waals surface area (Å²) in [4.78, 5) is 20.7. The molecule has 2 N–H and O–H groups in total. The Hall–Kier alpha value is 1.43. The molecular weight excluding hydrogens is 238 g/mol. The standard InChI is InChI=1S/C8H6O4.2K.2H/c9-7(10)5-1-2-6(4-3-5)8(11)12;;;;/h1-4H,(H,9,10)(H,11,12);;;;/q;2*+1;2*-1. The number of rotatable bonds is 2. The monoisotopic (exact) mass is 246 g/mol. The van der Waals surface area contributed by atoms with E-state index >= 15 is 0 Å². The van der Waals surface area contributed by atoms with Gasteiger partial charge < -0.3 is 13.1 Å². The molecule has 0 atom stereocenters. The molecule has 0 heterocycles. The number of hydrogen-bond donors (Lipinski definition) is 2. The van der Waals surface area contributed by atoms with Gasteiger partial charge in [0.25, 0.3) is 0 Å². The molecule has 0 aromatic heterocycles. The number of carbonyl (C=O) groups is 2. The molecular formula is C8H8K2O4. The first kappa shape index (κ1) is 17.8. The minimum atomic E-state index is -1.06. The summed E-state index contributed by atoms with van der Waals surface area (Å²) in [7, 11) is 0. The Bertz CT molecular complexity index is 296. The van der Waals surface area contributed by atoms with Crippen LogP contribution in [0.4, 0.5) is 0 Å². The van der Waals surface area contributed by atoms with Crippen molar-refractivity contribution in [3.8, 4) is 0 Å². The smallest absolute Gasteiger partial charge is 1.00 e. The number of aromatic carboxylic acids is 2. The third-order valence-corrected chi connectivity index (χ3v) is 1.38. The summed E-state index contributed by atoms with van der Waals surface area (Å²) < 4.78 is 0. The molecule has 0 fully saturated rings. The number of carboxylic acids is 2. The van der Waals surface area contributed by atoms with Crippen molar-refractivity contribution < 1.29 is 125 Å². The van der Waals surface area contributed by atoms with E-state index in [0.29, 0.717) is 0 Å². The van der Waals surface area contributed by atoms with Crippen molar-refractivity contribution >= 4 is 11.9 Å². The zero-order valence-electron chi connectivity index (χ0n) is 10.0. The van der Waals surface area contributed by atoms with Gasteiger partial charge in [0.1, 0.15) is 0 Å². The molecule has 1 aromatic rings. The molecule has 0 saturated carbocycles. The van der Waals surface area contributed by atoms with Crippen molar-refractivity contribution in [2.75, 3.05) is 0 Å². The summed E-state index contributed by atoms with van der Waals surface area (Å²) in [6.45, 7) is 0. The van der Waals surface area contributed by atoms with Crippen LogP contribution in [0.1, 0.15) is 23.6 Å². The summed E-state index contributed by atoms with van der Waals surface area (Å²) in [5, 5.41) is 16.9. The molecule has 1 aromatic carbocycles. The SMILES string of the molecule is O=C(O)c1ccc(C(=O)O)cc1.[H-].[H-].[K+].[K+]. The van der Waals surface area contributed by atoms with E-state index in [-0.39, 0.29) is 117 Å². The Morgan fingerprint density at radius 2 is 1.07 bits per heavy atom. The van der Waals surface area contributed by atoms with Crippen molar-refractivity contribution in [1.29, 1.82) is 0 Å². The van der Waals surface area contributed by atoms with E-state index in [9.17, 15) is 9.59 Å². The second kappa shape index (κ2) is 8.57. The molecule has 0 aliphatic heterocycles. The minimum Gasteiger partial charge on any atom is -1.00 e. The second-order valence-electron chi connectivity index (χ2n) is 2.19. The fourth-order valence-electron chi connectivity index (χ4n) is 0.755. The van der Waals surface area contributed by atoms with Crippen LogP contribution in [0.5, 0.6) is 0 Å². The molecule has 66 valence electrons. The van der Waals surface area contributed by atoms with Crippen LogP contribution >= 0.6 is 0 Å². The molecule has 0 radical (unpaired) electrons. The van der Waals surface area contributed by atoms with Gasteiger partial charge in [-0.3, -0.25) is 0 Å². The fraction of sp³-hybridized carbons (Fsp3) is 0. The van der Waals surface area contributed by atoms with Gasteiger partial charge in [0, 0.05) is 0 Å². The van der Waals surface area contributed by atoms with E-state index in [1.54, 1.807) is 0 Å². The Kier molecular flexibility index (Phi) is 10.9. The van der Waals surface area contributed by atoms with E-state index in [4.69, 9.17) is 10.2 Å². The van der Waals surface area contributed by atoms with Crippen LogP contribution in [0.25, 0.3) is 0 Å². The predicted molar refractivity (Wildman–Crippen MR) is 42.6 cm³/mol. The quantitative estimate of drug-likeness (QED) is 0.514. The molecule has 0 amide bonds. The summed E-state index contributed by atoms with van der Waals surface area (Å²) in [6, 6.07) is 5.02. The average Bonchev–Trinajstić information content (AvgIpc) is 2.04. The first-order valence-corrected chi connectivity index (χ1v) is 3.18. The zero-order chi connectivity index (χ0) is 9.14. The molecule has 0 aliphatic rings. The second-order valence-corrected chi connectivity index (χ2v) is 2.19. The maximum Gasteiger partial charge on any atom is 1.00 e. The van der Waals surface area contributed by atoms with Crippen LogP contribution in [0.2, 0.25) is 0 Å². The predicted octanol–water partition coefficient (Wildman–Crippen LogP) is -4.68. The van der Waals surface area contributed by atoms with Gasteiger partial charge in [-0.05, 0) is 24.3 Å². The topological polar surface area (TPSA) is 74.6 Å². The van der Waals surface area contributed by atoms with E-state index in [2.05, 4.69) is 0 Å². The van der Waals surface area contributed by atoms with Crippen LogP contribution in [0.15, 0.2) is 24.3 Å². The molecule has 6 heteroatoms. The van der Waals surface area contributed by atoms with Crippen molar-refractivity contribution in [2.24, 2.45) is 0 Å². The van der Waals surface area contributed by atoms with Crippen LogP contribution in [-0.4, -0.2) is 22.2 Å². The Balaban J connectivity index is -0.000000180. The van der Waals surface area contributed by atoms with E-state index < -0.39 is 11.9 Å². The van der Waals surface area contributed by atoms with Gasteiger partial charge in [-0.2, -0.15) is 0 Å². The Morgan fingerprint density at radius 1 is 0.857 bits per heavy atom. The molecule has 14 heavy (non-hydrogen) atoms. The molecule has 0 unspecified atom stereocenters. The van der Waals surface area contributed by atoms with Crippen molar-refractivity contribution in [2.45, 2.75) is 0 Å². The van der Waals surface area contributed by atoms with Crippen LogP contribution < -0.4 is 103 Å². The molecule has 4 nitrogen and oxygen atoms in total. The Labute approximate surface area is 169 Å². The van der Waals surface area contributed by atoms with E-state index in [0.717, 1.165) is 0 Å². The Morgan fingerprint density at radius 3 is 1.21 bits per heavy atom. The van der Waals surface area contributed by atoms with E-state index in [1.165, 1.54) is 24.3 Å². The average molecular weight is 246 g/mol. The van der Waals surface area contributed by atoms with Crippen LogP contribution in [-0.2, 0) is 0 Å². The zero-order valence-corrected chi connectivity index (χ0v) is 14.3. The van der Waals surface area contributed by atoms with Gasteiger partial charge in [-0.25, -0.2) is 9.59 Å². The number of hydrogen-bond acceptors (Lipinski definition) is 2. The first-order valence-electron chi connectivity index (χ1n) is 3.18. The summed E-state index contributed by atoms with van der Waals surface area (Å²) in [6.07, 6.45) is 0. The molecule has 0 aliphatic carbocycles. The van der Waals surface area contributed by atoms with E-state index in [1.807, 2.05) is 0 Å². The first-order chi connectivity index (χ1) is 5.61. The number of carboxylic acid groups (broad SMARTS) is 2. The maximum atomic E-state index is 10.3. The molecule has 0 bridgehead atoms. The minimum absolute atomic E-state index is 0. The third kappa shape index (κ3) is 5.50. The molecule has 1 rings (SSSR count). The fourth-order valence-corrected chi connectivity index (χ4v) is 0.755. The van der Waals surface area contributed by atoms with Gasteiger partial charge in [-0.15, -0.1) is 0 Å². The van der Waals surface area contributed by atoms with Gasteiger partial charge in [0.05, 0.1) is 11.1 Å². The molecule has 0 spiro atoms. The van der Waals surface area contributed by atoms with Gasteiger partial charge in [0.2, 0.25) is 0 Å². The van der Waals surface area contributed by atoms with Crippen LogP contribution in [0, 0.1) is 0 Å². The maximum absolute atomic E-state index is 10.3. The summed E-state index contributed by atoms with van der Waals surface area (Å²) in [5.74, 6) is -2.13. The third-order valence-electron chi connectivity index (χ3n) is 1.38. The van der Waals surface area contributed by atoms with Crippen molar-refractivity contribution in [1.82, 2.24) is 0 Å². The van der Waals surface area contributed by atoms with Crippen LogP contribution in [0.3, 0.4) is 0 Å². The van der Waals surface area contributed by atoms with Gasteiger partial charge >= 0.3 is 115 Å². The molecule has 0 saturated heterocycles. The summed E-state index contributed by atoms with van der Waals surface area (Å²) >= 11 is 0. The number of benzene rings is 1.